The van der Waals surface area contributed by atoms with Crippen LogP contribution in [-0.4, -0.2) is 0 Å². The van der Waals surface area contributed by atoms with Gasteiger partial charge in [0.1, 0.15) is 0 Å². The Morgan fingerprint density at radius 3 is 2.25 bits per heavy atom. The van der Waals surface area contributed by atoms with E-state index in [-0.39, 0.29) is 5.56 Å². The zero-order valence-electron chi connectivity index (χ0n) is 6.71. The Labute approximate surface area is 69.0 Å². The Balaban J connectivity index is 3.26. The van der Waals surface area contributed by atoms with E-state index in [1.165, 1.54) is 6.92 Å². The highest BCUT2D eigenvalue weighted by Gasteiger charge is 2.32. The van der Waals surface area contributed by atoms with Crippen LogP contribution in [0.4, 0.5) is 13.2 Å². The Morgan fingerprint density at radius 2 is 1.83 bits per heavy atom. The summed E-state index contributed by atoms with van der Waals surface area (Å²) in [6, 6.07) is 5.84. The molecule has 0 heterocycles. The van der Waals surface area contributed by atoms with Crippen LogP contribution in [0.1, 0.15) is 16.7 Å². The minimum Gasteiger partial charge on any atom is -0.166 e. The number of hydrogen-bond donors (Lipinski definition) is 0. The third-order valence-corrected chi connectivity index (χ3v) is 1.75. The van der Waals surface area contributed by atoms with Crippen molar-refractivity contribution in [2.24, 2.45) is 0 Å². The molecule has 12 heavy (non-hydrogen) atoms. The van der Waals surface area contributed by atoms with Gasteiger partial charge in [0.2, 0.25) is 0 Å². The van der Waals surface area contributed by atoms with E-state index in [4.69, 9.17) is 0 Å². The largest absolute Gasteiger partial charge is 0.416 e. The van der Waals surface area contributed by atoms with Crippen LogP contribution >= 0.6 is 0 Å². The molecule has 0 unspecified atom stereocenters. The molecule has 0 spiro atoms. The molecular formula is C9H7F3. The van der Waals surface area contributed by atoms with Gasteiger partial charge in [-0.15, -0.1) is 0 Å². The highest BCUT2D eigenvalue weighted by molar-refractivity contribution is 5.33. The summed E-state index contributed by atoms with van der Waals surface area (Å²) in [4.78, 5) is 0. The second-order valence-corrected chi connectivity index (χ2v) is 2.58. The van der Waals surface area contributed by atoms with E-state index >= 15 is 0 Å². The first-order valence-electron chi connectivity index (χ1n) is 3.39. The molecule has 64 valence electrons. The molecule has 1 aromatic carbocycles. The van der Waals surface area contributed by atoms with Gasteiger partial charge >= 0.3 is 6.18 Å². The number of aryl methyl sites for hydroxylation is 1. The highest BCUT2D eigenvalue weighted by atomic mass is 19.4. The van der Waals surface area contributed by atoms with Crippen LogP contribution in [0, 0.1) is 26.0 Å². The van der Waals surface area contributed by atoms with Crippen LogP contribution in [0.3, 0.4) is 0 Å². The normalized spacial score (nSPS) is 11.8. The van der Waals surface area contributed by atoms with Crippen LogP contribution in [0.15, 0.2) is 6.07 Å². The van der Waals surface area contributed by atoms with Crippen LogP contribution < -0.4 is 0 Å². The van der Waals surface area contributed by atoms with E-state index in [0.717, 1.165) is 6.07 Å². The average Bonchev–Trinajstić information content (AvgIpc) is 1.92. The van der Waals surface area contributed by atoms with Gasteiger partial charge in [-0.3, -0.25) is 0 Å². The quantitative estimate of drug-likeness (QED) is 0.564. The van der Waals surface area contributed by atoms with Gasteiger partial charge < -0.3 is 0 Å². The molecule has 0 aliphatic heterocycles. The van der Waals surface area contributed by atoms with E-state index in [1.807, 2.05) is 0 Å². The smallest absolute Gasteiger partial charge is 0.166 e. The van der Waals surface area contributed by atoms with Crippen molar-refractivity contribution in [3.63, 3.8) is 0 Å². The maximum absolute atomic E-state index is 12.2. The fraction of sp³-hybridized carbons (Fsp3) is 0.333. The van der Waals surface area contributed by atoms with Gasteiger partial charge in [0, 0.05) is 0 Å². The monoisotopic (exact) mass is 172 g/mol. The number of alkyl halides is 3. The van der Waals surface area contributed by atoms with E-state index in [9.17, 15) is 13.2 Å². The minimum atomic E-state index is -4.28. The van der Waals surface area contributed by atoms with Gasteiger partial charge in [-0.1, -0.05) is 0 Å². The van der Waals surface area contributed by atoms with Crippen molar-refractivity contribution in [3.05, 3.63) is 34.9 Å². The van der Waals surface area contributed by atoms with Crippen LogP contribution in [0.2, 0.25) is 0 Å². The molecule has 1 aromatic rings. The standard InChI is InChI=1S/C9H7F3/c1-6-4-3-5-8(7(6)2)9(10,11)12/h5H,1-2H3. The predicted octanol–water partition coefficient (Wildman–Crippen LogP) is 2.92. The zero-order valence-corrected chi connectivity index (χ0v) is 6.71. The molecule has 1 rings (SSSR count). The van der Waals surface area contributed by atoms with Gasteiger partial charge in [-0.2, -0.15) is 13.2 Å². The fourth-order valence-corrected chi connectivity index (χ4v) is 0.915. The molecule has 0 nitrogen and oxygen atoms in total. The highest BCUT2D eigenvalue weighted by Crippen LogP contribution is 2.32. The first-order valence-corrected chi connectivity index (χ1v) is 3.39. The van der Waals surface area contributed by atoms with E-state index in [2.05, 4.69) is 12.1 Å². The first-order chi connectivity index (χ1) is 5.43. The van der Waals surface area contributed by atoms with Crippen molar-refractivity contribution in [2.45, 2.75) is 20.0 Å². The van der Waals surface area contributed by atoms with Crippen molar-refractivity contribution < 1.29 is 13.2 Å². The lowest BCUT2D eigenvalue weighted by Gasteiger charge is -2.10. The number of hydrogen-bond acceptors (Lipinski definition) is 0. The van der Waals surface area contributed by atoms with Crippen molar-refractivity contribution in [3.8, 4) is 0 Å². The van der Waals surface area contributed by atoms with Gasteiger partial charge in [0.05, 0.1) is 5.56 Å². The number of rotatable bonds is 0. The lowest BCUT2D eigenvalue weighted by Crippen LogP contribution is -2.08. The summed E-state index contributed by atoms with van der Waals surface area (Å²) < 4.78 is 36.6. The second kappa shape index (κ2) is 2.81. The van der Waals surface area contributed by atoms with Crippen LogP contribution in [-0.2, 0) is 6.18 Å². The number of benzene rings is 1. The summed E-state index contributed by atoms with van der Waals surface area (Å²) in [5, 5.41) is 0. The minimum absolute atomic E-state index is 0.223. The first kappa shape index (κ1) is 9.10. The molecule has 0 atom stereocenters. The molecule has 0 N–H and O–H groups in total. The second-order valence-electron chi connectivity index (χ2n) is 2.58. The Morgan fingerprint density at radius 1 is 1.25 bits per heavy atom. The summed E-state index contributed by atoms with van der Waals surface area (Å²) >= 11 is 0. The SMILES string of the molecule is Cc1[c][c]cc(C(F)(F)F)c1C. The average molecular weight is 172 g/mol. The lowest BCUT2D eigenvalue weighted by molar-refractivity contribution is -0.138. The Kier molecular flexibility index (Phi) is 2.13. The van der Waals surface area contributed by atoms with Crippen molar-refractivity contribution in [1.82, 2.24) is 0 Å². The van der Waals surface area contributed by atoms with E-state index in [1.54, 1.807) is 6.92 Å². The summed E-state index contributed by atoms with van der Waals surface area (Å²) in [5.74, 6) is 0. The van der Waals surface area contributed by atoms with Gasteiger partial charge in [0.25, 0.3) is 0 Å². The molecule has 2 radical (unpaired) electrons. The van der Waals surface area contributed by atoms with Gasteiger partial charge in [-0.25, -0.2) is 0 Å². The molecule has 0 saturated carbocycles. The summed E-state index contributed by atoms with van der Waals surface area (Å²) in [6.45, 7) is 3.02. The molecule has 0 aliphatic rings. The third kappa shape index (κ3) is 1.60. The lowest BCUT2D eigenvalue weighted by atomic mass is 10.0. The maximum atomic E-state index is 12.2. The Hall–Kier alpha value is -0.990. The van der Waals surface area contributed by atoms with Gasteiger partial charge in [-0.05, 0) is 43.2 Å². The molecule has 0 aromatic heterocycles. The fourth-order valence-electron chi connectivity index (χ4n) is 0.915. The summed E-state index contributed by atoms with van der Waals surface area (Å²) in [6.07, 6.45) is -4.28. The molecule has 3 heteroatoms. The summed E-state index contributed by atoms with van der Waals surface area (Å²) in [7, 11) is 0. The van der Waals surface area contributed by atoms with E-state index < -0.39 is 11.7 Å². The van der Waals surface area contributed by atoms with E-state index in [0.29, 0.717) is 5.56 Å². The van der Waals surface area contributed by atoms with Crippen molar-refractivity contribution in [2.75, 3.05) is 0 Å². The Bertz CT molecular complexity index is 286. The predicted molar refractivity (Wildman–Crippen MR) is 38.6 cm³/mol. The third-order valence-electron chi connectivity index (χ3n) is 1.75. The molecule has 0 amide bonds. The van der Waals surface area contributed by atoms with Crippen LogP contribution in [0.5, 0.6) is 0 Å². The van der Waals surface area contributed by atoms with Crippen molar-refractivity contribution >= 4 is 0 Å². The zero-order chi connectivity index (χ0) is 9.35. The molecule has 0 fully saturated rings. The molecular weight excluding hydrogens is 165 g/mol. The van der Waals surface area contributed by atoms with Crippen molar-refractivity contribution in [1.29, 1.82) is 0 Å². The van der Waals surface area contributed by atoms with Crippen LogP contribution in [0.25, 0.3) is 0 Å². The topological polar surface area (TPSA) is 0 Å². The molecule has 0 bridgehead atoms. The maximum Gasteiger partial charge on any atom is 0.416 e. The molecule has 0 aliphatic carbocycles. The molecule has 0 saturated heterocycles. The van der Waals surface area contributed by atoms with Gasteiger partial charge in [0.15, 0.2) is 0 Å². The number of halogens is 3. The summed E-state index contributed by atoms with van der Waals surface area (Å²) in [5.41, 5.74) is 0.0878.